The summed E-state index contributed by atoms with van der Waals surface area (Å²) in [5.74, 6) is 1.72. The lowest BCUT2D eigenvalue weighted by molar-refractivity contribution is 0.523. The van der Waals surface area contributed by atoms with Crippen LogP contribution in [0.5, 0.6) is 0 Å². The van der Waals surface area contributed by atoms with Crippen molar-refractivity contribution in [1.82, 2.24) is 14.9 Å². The van der Waals surface area contributed by atoms with E-state index < -0.39 is 0 Å². The maximum absolute atomic E-state index is 5.83. The van der Waals surface area contributed by atoms with E-state index >= 15 is 0 Å². The van der Waals surface area contributed by atoms with E-state index in [4.69, 9.17) is 4.42 Å². The van der Waals surface area contributed by atoms with Gasteiger partial charge in [0.25, 0.3) is 0 Å². The first-order valence-corrected chi connectivity index (χ1v) is 6.95. The van der Waals surface area contributed by atoms with Crippen molar-refractivity contribution in [3.63, 3.8) is 0 Å². The summed E-state index contributed by atoms with van der Waals surface area (Å²) in [6.45, 7) is 2.64. The van der Waals surface area contributed by atoms with Crippen molar-refractivity contribution in [2.24, 2.45) is 0 Å². The van der Waals surface area contributed by atoms with E-state index in [0.29, 0.717) is 6.54 Å². The summed E-state index contributed by atoms with van der Waals surface area (Å²) in [6.07, 6.45) is 3.20. The van der Waals surface area contributed by atoms with Crippen molar-refractivity contribution in [2.45, 2.75) is 13.5 Å². The molecule has 102 valence electrons. The van der Waals surface area contributed by atoms with Crippen LogP contribution in [0.25, 0.3) is 11.3 Å². The second-order valence-electron chi connectivity index (χ2n) is 4.43. The second kappa shape index (κ2) is 5.50. The van der Waals surface area contributed by atoms with Crippen LogP contribution < -0.4 is 5.43 Å². The third-order valence-corrected chi connectivity index (χ3v) is 3.85. The molecule has 3 rings (SSSR count). The van der Waals surface area contributed by atoms with Crippen molar-refractivity contribution in [1.29, 1.82) is 0 Å². The van der Waals surface area contributed by atoms with Crippen molar-refractivity contribution >= 4 is 15.9 Å². The van der Waals surface area contributed by atoms with Gasteiger partial charge in [0.05, 0.1) is 6.54 Å². The SMILES string of the molecule is Cc1cc(-c2ccc(CNn3cnnc3)o2)ccc1Br. The highest BCUT2D eigenvalue weighted by Crippen LogP contribution is 2.26. The van der Waals surface area contributed by atoms with Crippen LogP contribution in [0.3, 0.4) is 0 Å². The summed E-state index contributed by atoms with van der Waals surface area (Å²) in [7, 11) is 0. The molecular weight excluding hydrogens is 320 g/mol. The summed E-state index contributed by atoms with van der Waals surface area (Å²) in [5.41, 5.74) is 5.37. The van der Waals surface area contributed by atoms with Crippen LogP contribution in [0, 0.1) is 6.92 Å². The molecule has 0 aliphatic rings. The molecule has 2 aromatic heterocycles. The zero-order valence-electron chi connectivity index (χ0n) is 10.9. The zero-order valence-corrected chi connectivity index (χ0v) is 12.5. The molecule has 0 aliphatic heterocycles. The molecule has 1 N–H and O–H groups in total. The molecule has 0 bridgehead atoms. The molecular formula is C14H13BrN4O. The van der Waals surface area contributed by atoms with E-state index in [2.05, 4.69) is 44.5 Å². The van der Waals surface area contributed by atoms with E-state index in [0.717, 1.165) is 21.6 Å². The summed E-state index contributed by atoms with van der Waals surface area (Å²) >= 11 is 3.50. The van der Waals surface area contributed by atoms with Gasteiger partial charge in [0, 0.05) is 10.0 Å². The minimum atomic E-state index is 0.577. The van der Waals surface area contributed by atoms with Gasteiger partial charge in [-0.25, -0.2) is 4.68 Å². The van der Waals surface area contributed by atoms with Gasteiger partial charge < -0.3 is 9.84 Å². The van der Waals surface area contributed by atoms with Crippen LogP contribution in [0.4, 0.5) is 0 Å². The maximum Gasteiger partial charge on any atom is 0.138 e. The minimum absolute atomic E-state index is 0.577. The molecule has 0 spiro atoms. The predicted octanol–water partition coefficient (Wildman–Crippen LogP) is 3.35. The molecule has 0 atom stereocenters. The molecule has 2 heterocycles. The van der Waals surface area contributed by atoms with E-state index in [1.165, 1.54) is 5.56 Å². The van der Waals surface area contributed by atoms with E-state index in [9.17, 15) is 0 Å². The van der Waals surface area contributed by atoms with Crippen LogP contribution in [-0.2, 0) is 6.54 Å². The average molecular weight is 333 g/mol. The normalized spacial score (nSPS) is 10.7. The van der Waals surface area contributed by atoms with Crippen LogP contribution in [0.2, 0.25) is 0 Å². The van der Waals surface area contributed by atoms with Gasteiger partial charge in [-0.15, -0.1) is 10.2 Å². The van der Waals surface area contributed by atoms with Crippen molar-refractivity contribution in [2.75, 3.05) is 5.43 Å². The summed E-state index contributed by atoms with van der Waals surface area (Å²) in [5, 5.41) is 7.44. The Morgan fingerprint density at radius 3 is 2.75 bits per heavy atom. The number of hydrogen-bond donors (Lipinski definition) is 1. The number of hydrogen-bond acceptors (Lipinski definition) is 4. The predicted molar refractivity (Wildman–Crippen MR) is 79.7 cm³/mol. The van der Waals surface area contributed by atoms with Gasteiger partial charge in [0.2, 0.25) is 0 Å². The highest BCUT2D eigenvalue weighted by Gasteiger charge is 2.06. The standard InChI is InChI=1S/C14H13BrN4O/c1-10-6-11(2-4-13(10)15)14-5-3-12(20-14)7-18-19-8-16-17-9-19/h2-6,8-9,18H,7H2,1H3. The monoisotopic (exact) mass is 332 g/mol. The number of halogens is 1. The maximum atomic E-state index is 5.83. The van der Waals surface area contributed by atoms with Gasteiger partial charge in [-0.2, -0.15) is 0 Å². The molecule has 1 aromatic carbocycles. The highest BCUT2D eigenvalue weighted by molar-refractivity contribution is 9.10. The fourth-order valence-corrected chi connectivity index (χ4v) is 2.12. The number of aryl methyl sites for hydroxylation is 1. The molecule has 0 amide bonds. The van der Waals surface area contributed by atoms with Gasteiger partial charge in [-0.3, -0.25) is 0 Å². The van der Waals surface area contributed by atoms with E-state index in [1.807, 2.05) is 24.3 Å². The third-order valence-electron chi connectivity index (χ3n) is 2.96. The summed E-state index contributed by atoms with van der Waals surface area (Å²) in [4.78, 5) is 0. The Balaban J connectivity index is 1.74. The van der Waals surface area contributed by atoms with Crippen molar-refractivity contribution in [3.8, 4) is 11.3 Å². The Hall–Kier alpha value is -2.08. The quantitative estimate of drug-likeness (QED) is 0.795. The number of nitrogens with zero attached hydrogens (tertiary/aromatic N) is 3. The largest absolute Gasteiger partial charge is 0.459 e. The highest BCUT2D eigenvalue weighted by atomic mass is 79.9. The Bertz CT molecular complexity index is 706. The van der Waals surface area contributed by atoms with Gasteiger partial charge in [0.1, 0.15) is 24.2 Å². The number of nitrogens with one attached hydrogen (secondary N) is 1. The number of aromatic nitrogens is 3. The molecule has 6 heteroatoms. The number of furan rings is 1. The lowest BCUT2D eigenvalue weighted by Crippen LogP contribution is -2.11. The fraction of sp³-hybridized carbons (Fsp3) is 0.143. The molecule has 0 radical (unpaired) electrons. The first-order valence-electron chi connectivity index (χ1n) is 6.16. The third kappa shape index (κ3) is 2.75. The molecule has 0 saturated carbocycles. The van der Waals surface area contributed by atoms with E-state index in [-0.39, 0.29) is 0 Å². The van der Waals surface area contributed by atoms with Crippen molar-refractivity contribution < 1.29 is 4.42 Å². The second-order valence-corrected chi connectivity index (χ2v) is 5.29. The fourth-order valence-electron chi connectivity index (χ4n) is 1.88. The molecule has 0 fully saturated rings. The Kier molecular flexibility index (Phi) is 3.56. The Morgan fingerprint density at radius 2 is 2.00 bits per heavy atom. The van der Waals surface area contributed by atoms with E-state index in [1.54, 1.807) is 17.3 Å². The van der Waals surface area contributed by atoms with Crippen LogP contribution in [0.1, 0.15) is 11.3 Å². The number of rotatable bonds is 4. The van der Waals surface area contributed by atoms with Gasteiger partial charge in [0.15, 0.2) is 0 Å². The molecule has 0 aliphatic carbocycles. The van der Waals surface area contributed by atoms with Gasteiger partial charge in [-0.05, 0) is 36.8 Å². The molecule has 3 aromatic rings. The topological polar surface area (TPSA) is 55.9 Å². The number of benzene rings is 1. The molecule has 5 nitrogen and oxygen atoms in total. The van der Waals surface area contributed by atoms with Gasteiger partial charge >= 0.3 is 0 Å². The van der Waals surface area contributed by atoms with Crippen LogP contribution in [0.15, 0.2) is 51.9 Å². The minimum Gasteiger partial charge on any atom is -0.459 e. The smallest absolute Gasteiger partial charge is 0.138 e. The first kappa shape index (κ1) is 12.9. The van der Waals surface area contributed by atoms with Crippen LogP contribution in [-0.4, -0.2) is 14.9 Å². The zero-order chi connectivity index (χ0) is 13.9. The summed E-state index contributed by atoms with van der Waals surface area (Å²) in [6, 6.07) is 10.1. The lowest BCUT2D eigenvalue weighted by atomic mass is 10.1. The lowest BCUT2D eigenvalue weighted by Gasteiger charge is -2.03. The molecule has 0 unspecified atom stereocenters. The Morgan fingerprint density at radius 1 is 1.20 bits per heavy atom. The molecule has 0 saturated heterocycles. The van der Waals surface area contributed by atoms with Crippen molar-refractivity contribution in [3.05, 3.63) is 58.8 Å². The average Bonchev–Trinajstić information content (AvgIpc) is 3.10. The van der Waals surface area contributed by atoms with Crippen LogP contribution >= 0.6 is 15.9 Å². The van der Waals surface area contributed by atoms with Gasteiger partial charge in [-0.1, -0.05) is 22.0 Å². The first-order chi connectivity index (χ1) is 9.72. The summed E-state index contributed by atoms with van der Waals surface area (Å²) < 4.78 is 8.62. The Labute approximate surface area is 124 Å². The molecule has 20 heavy (non-hydrogen) atoms.